The normalized spacial score (nSPS) is 36.4. The largest absolute Gasteiger partial charge is 0.303 e. The van der Waals surface area contributed by atoms with Gasteiger partial charge < -0.3 is 4.79 Å². The molecule has 1 fully saturated rings. The van der Waals surface area contributed by atoms with Crippen LogP contribution in [0.1, 0.15) is 13.3 Å². The van der Waals surface area contributed by atoms with Crippen molar-refractivity contribution in [2.24, 2.45) is 23.7 Å². The van der Waals surface area contributed by atoms with Crippen molar-refractivity contribution < 1.29 is 9.59 Å². The maximum Gasteiger partial charge on any atom is 0.159 e. The highest BCUT2D eigenvalue weighted by molar-refractivity contribution is 5.93. The Bertz CT molecular complexity index is 267. The van der Waals surface area contributed by atoms with E-state index in [2.05, 4.69) is 13.2 Å². The summed E-state index contributed by atoms with van der Waals surface area (Å²) in [5.74, 6) is -0.0209. The molecule has 0 saturated heterocycles. The molecule has 0 aromatic heterocycles. The minimum absolute atomic E-state index is 0.0312. The van der Waals surface area contributed by atoms with Gasteiger partial charge in [0.1, 0.15) is 6.29 Å². The van der Waals surface area contributed by atoms with Gasteiger partial charge in [0, 0.05) is 11.8 Å². The Morgan fingerprint density at radius 1 is 1.43 bits per heavy atom. The molecular weight excluding hydrogens is 176 g/mol. The number of ketones is 1. The molecule has 4 atom stereocenters. The van der Waals surface area contributed by atoms with Crippen molar-refractivity contribution in [3.8, 4) is 0 Å². The van der Waals surface area contributed by atoms with Gasteiger partial charge in [0.15, 0.2) is 5.78 Å². The smallest absolute Gasteiger partial charge is 0.159 e. The van der Waals surface area contributed by atoms with E-state index in [-0.39, 0.29) is 29.5 Å². The Morgan fingerprint density at radius 3 is 2.50 bits per heavy atom. The number of hydrogen-bond donors (Lipinski definition) is 0. The Morgan fingerprint density at radius 2 is 2.07 bits per heavy atom. The molecule has 1 saturated carbocycles. The zero-order valence-electron chi connectivity index (χ0n) is 8.48. The molecule has 0 aromatic rings. The highest BCUT2D eigenvalue weighted by Crippen LogP contribution is 2.41. The number of carbonyl (C=O) groups excluding carboxylic acids is 2. The lowest BCUT2D eigenvalue weighted by molar-refractivity contribution is -0.124. The van der Waals surface area contributed by atoms with Crippen LogP contribution < -0.4 is 0 Å². The van der Waals surface area contributed by atoms with Crippen molar-refractivity contribution in [2.45, 2.75) is 13.3 Å². The van der Waals surface area contributed by atoms with E-state index in [1.54, 1.807) is 6.08 Å². The molecule has 0 heterocycles. The molecule has 14 heavy (non-hydrogen) atoms. The molecule has 0 spiro atoms. The van der Waals surface area contributed by atoms with E-state index in [0.717, 1.165) is 12.7 Å². The fraction of sp³-hybridized carbons (Fsp3) is 0.500. The molecule has 1 aliphatic rings. The Balaban J connectivity index is 2.94. The monoisotopic (exact) mass is 192 g/mol. The molecule has 0 amide bonds. The molecule has 2 heteroatoms. The van der Waals surface area contributed by atoms with Crippen molar-refractivity contribution in [3.05, 3.63) is 25.3 Å². The first kappa shape index (κ1) is 10.9. The topological polar surface area (TPSA) is 34.1 Å². The summed E-state index contributed by atoms with van der Waals surface area (Å²) in [4.78, 5) is 22.5. The lowest BCUT2D eigenvalue weighted by Crippen LogP contribution is -2.24. The Hall–Kier alpha value is -1.18. The number of carbonyl (C=O) groups is 2. The van der Waals surface area contributed by atoms with Gasteiger partial charge in [0.25, 0.3) is 0 Å². The fourth-order valence-electron chi connectivity index (χ4n) is 2.37. The van der Waals surface area contributed by atoms with Crippen molar-refractivity contribution in [1.82, 2.24) is 0 Å². The maximum absolute atomic E-state index is 11.6. The van der Waals surface area contributed by atoms with Gasteiger partial charge in [-0.3, -0.25) is 4.79 Å². The van der Waals surface area contributed by atoms with Crippen LogP contribution in [0, 0.1) is 23.7 Å². The molecule has 0 radical (unpaired) electrons. The zero-order chi connectivity index (χ0) is 10.7. The van der Waals surface area contributed by atoms with E-state index < -0.39 is 0 Å². The Kier molecular flexibility index (Phi) is 3.39. The first-order valence-corrected chi connectivity index (χ1v) is 4.89. The standard InChI is InChI=1S/C12H16O2/c1-4-9-6-8(3)10(7-13)12(9)11(14)5-2/h4-5,7-10,12H,1-2,6H2,3H3. The van der Waals surface area contributed by atoms with Gasteiger partial charge in [-0.25, -0.2) is 0 Å². The molecular formula is C12H16O2. The van der Waals surface area contributed by atoms with Gasteiger partial charge in [-0.15, -0.1) is 6.58 Å². The van der Waals surface area contributed by atoms with Crippen LogP contribution in [0.15, 0.2) is 25.3 Å². The van der Waals surface area contributed by atoms with Crippen LogP contribution in [-0.2, 0) is 9.59 Å². The number of aldehydes is 1. The van der Waals surface area contributed by atoms with Gasteiger partial charge in [0.2, 0.25) is 0 Å². The highest BCUT2D eigenvalue weighted by Gasteiger charge is 2.42. The molecule has 0 aromatic carbocycles. The van der Waals surface area contributed by atoms with Crippen LogP contribution in [0.2, 0.25) is 0 Å². The summed E-state index contributed by atoms with van der Waals surface area (Å²) in [6, 6.07) is 0. The SMILES string of the molecule is C=CC(=O)C1C(C=C)CC(C)C1C=O. The number of rotatable bonds is 4. The molecule has 1 aliphatic carbocycles. The fourth-order valence-corrected chi connectivity index (χ4v) is 2.37. The van der Waals surface area contributed by atoms with Gasteiger partial charge in [-0.05, 0) is 24.3 Å². The third-order valence-corrected chi connectivity index (χ3v) is 3.17. The summed E-state index contributed by atoms with van der Waals surface area (Å²) in [6.07, 6.45) is 4.87. The second-order valence-electron chi connectivity index (χ2n) is 3.96. The van der Waals surface area contributed by atoms with E-state index in [1.807, 2.05) is 6.92 Å². The lowest BCUT2D eigenvalue weighted by atomic mass is 9.85. The zero-order valence-corrected chi connectivity index (χ0v) is 8.48. The van der Waals surface area contributed by atoms with E-state index in [0.29, 0.717) is 0 Å². The summed E-state index contributed by atoms with van der Waals surface area (Å²) in [7, 11) is 0. The highest BCUT2D eigenvalue weighted by atomic mass is 16.1. The minimum atomic E-state index is -0.225. The quantitative estimate of drug-likeness (QED) is 0.388. The molecule has 0 bridgehead atoms. The molecule has 4 unspecified atom stereocenters. The van der Waals surface area contributed by atoms with Gasteiger partial charge in [0.05, 0.1) is 0 Å². The van der Waals surface area contributed by atoms with Gasteiger partial charge in [-0.1, -0.05) is 19.6 Å². The van der Waals surface area contributed by atoms with Crippen LogP contribution in [0.25, 0.3) is 0 Å². The molecule has 0 N–H and O–H groups in total. The first-order valence-electron chi connectivity index (χ1n) is 4.89. The second-order valence-corrected chi connectivity index (χ2v) is 3.96. The van der Waals surface area contributed by atoms with Gasteiger partial charge in [-0.2, -0.15) is 0 Å². The van der Waals surface area contributed by atoms with Crippen LogP contribution in [0.3, 0.4) is 0 Å². The van der Waals surface area contributed by atoms with E-state index >= 15 is 0 Å². The molecule has 76 valence electrons. The van der Waals surface area contributed by atoms with E-state index in [4.69, 9.17) is 0 Å². The van der Waals surface area contributed by atoms with Crippen molar-refractivity contribution in [2.75, 3.05) is 0 Å². The predicted molar refractivity (Wildman–Crippen MR) is 55.7 cm³/mol. The average Bonchev–Trinajstić information content (AvgIpc) is 2.53. The number of hydrogen-bond acceptors (Lipinski definition) is 2. The second kappa shape index (κ2) is 4.36. The van der Waals surface area contributed by atoms with E-state index in [1.165, 1.54) is 6.08 Å². The summed E-state index contributed by atoms with van der Waals surface area (Å²) < 4.78 is 0. The maximum atomic E-state index is 11.6. The van der Waals surface area contributed by atoms with Crippen molar-refractivity contribution in [1.29, 1.82) is 0 Å². The van der Waals surface area contributed by atoms with E-state index in [9.17, 15) is 9.59 Å². The van der Waals surface area contributed by atoms with Crippen molar-refractivity contribution in [3.63, 3.8) is 0 Å². The van der Waals surface area contributed by atoms with Crippen LogP contribution in [-0.4, -0.2) is 12.1 Å². The summed E-state index contributed by atoms with van der Waals surface area (Å²) in [5, 5.41) is 0. The average molecular weight is 192 g/mol. The van der Waals surface area contributed by atoms with Gasteiger partial charge >= 0.3 is 0 Å². The van der Waals surface area contributed by atoms with Crippen LogP contribution in [0.5, 0.6) is 0 Å². The minimum Gasteiger partial charge on any atom is -0.303 e. The number of allylic oxidation sites excluding steroid dienone is 2. The summed E-state index contributed by atoms with van der Waals surface area (Å²) in [6.45, 7) is 9.18. The first-order chi connectivity index (χ1) is 6.65. The van der Waals surface area contributed by atoms with Crippen molar-refractivity contribution >= 4 is 12.1 Å². The molecule has 0 aliphatic heterocycles. The molecule has 2 nitrogen and oxygen atoms in total. The predicted octanol–water partition coefficient (Wildman–Crippen LogP) is 2.01. The summed E-state index contributed by atoms with van der Waals surface area (Å²) in [5.41, 5.74) is 0. The Labute approximate surface area is 84.7 Å². The van der Waals surface area contributed by atoms with Crippen LogP contribution in [0.4, 0.5) is 0 Å². The summed E-state index contributed by atoms with van der Waals surface area (Å²) >= 11 is 0. The third-order valence-electron chi connectivity index (χ3n) is 3.17. The van der Waals surface area contributed by atoms with Crippen LogP contribution >= 0.6 is 0 Å². The molecule has 1 rings (SSSR count). The lowest BCUT2D eigenvalue weighted by Gasteiger charge is -2.16. The third kappa shape index (κ3) is 1.69.